The molecule has 47 heavy (non-hydrogen) atoms. The molecule has 0 radical (unpaired) electrons. The van der Waals surface area contributed by atoms with Crippen LogP contribution in [-0.2, 0) is 16.9 Å². The molecule has 0 amide bonds. The van der Waals surface area contributed by atoms with E-state index in [0.29, 0.717) is 23.6 Å². The molecule has 1 saturated carbocycles. The van der Waals surface area contributed by atoms with E-state index in [9.17, 15) is 18.0 Å². The molecule has 9 heteroatoms. The van der Waals surface area contributed by atoms with E-state index in [1.807, 2.05) is 12.2 Å². The second-order valence-electron chi connectivity index (χ2n) is 13.2. The zero-order chi connectivity index (χ0) is 34.5. The van der Waals surface area contributed by atoms with Crippen LogP contribution in [0, 0.1) is 23.6 Å². The molecule has 2 aromatic carbocycles. The fourth-order valence-corrected chi connectivity index (χ4v) is 6.10. The molecule has 254 valence electrons. The summed E-state index contributed by atoms with van der Waals surface area (Å²) in [4.78, 5) is 14.1. The molecule has 0 spiro atoms. The van der Waals surface area contributed by atoms with E-state index in [0.717, 1.165) is 29.2 Å². The maximum absolute atomic E-state index is 15.7. The summed E-state index contributed by atoms with van der Waals surface area (Å²) in [5.74, 6) is -1.74. The summed E-state index contributed by atoms with van der Waals surface area (Å²) >= 11 is 0. The molecule has 1 fully saturated rings. The minimum atomic E-state index is -4.53. The van der Waals surface area contributed by atoms with Crippen LogP contribution >= 0.6 is 0 Å². The highest BCUT2D eigenvalue weighted by molar-refractivity contribution is 6.00. The predicted octanol–water partition coefficient (Wildman–Crippen LogP) is 8.49. The summed E-state index contributed by atoms with van der Waals surface area (Å²) in [7, 11) is 1.53. The molecule has 0 heterocycles. The number of nitrogens with one attached hydrogen (secondary N) is 1. The number of alkyl halides is 3. The maximum atomic E-state index is 15.7. The first-order valence-corrected chi connectivity index (χ1v) is 16.4. The van der Waals surface area contributed by atoms with Crippen molar-refractivity contribution >= 4 is 11.5 Å². The van der Waals surface area contributed by atoms with Gasteiger partial charge in [0.1, 0.15) is 5.82 Å². The Hall–Kier alpha value is -3.53. The molecule has 2 aliphatic rings. The van der Waals surface area contributed by atoms with Crippen molar-refractivity contribution in [3.63, 3.8) is 0 Å². The van der Waals surface area contributed by atoms with Gasteiger partial charge in [0.2, 0.25) is 0 Å². The average molecular weight is 653 g/mol. The fraction of sp³-hybridized carbons (Fsp3) is 0.447. The summed E-state index contributed by atoms with van der Waals surface area (Å²) in [5, 5.41) is 1.33. The summed E-state index contributed by atoms with van der Waals surface area (Å²) in [5.41, 5.74) is 19.2. The lowest BCUT2D eigenvalue weighted by Crippen LogP contribution is -2.40. The number of nitrogens with two attached hydrogens (primary N) is 2. The number of nitrogens with zero attached hydrogens (tertiary/aromatic N) is 1. The standard InChI is InChI=1S/C38H48F4N4O/c1-24-8-6-10-30(20-25(24)2)37(44,18-16-28-12-13-28)31-14-15-34(39)33(22-31)26(3)27(4)36(47)35(17-19-38(40,41)42)46(45-5)32-11-7-9-29(21-32)23-43/h6-11,14-15,17,20-22,24,26-28,45H,12-13,16,18-19,23,43-44H2,1-5H3. The normalized spacial score (nSPS) is 19.7. The Morgan fingerprint density at radius 1 is 1.15 bits per heavy atom. The van der Waals surface area contributed by atoms with Crippen molar-refractivity contribution in [2.45, 2.75) is 84.0 Å². The molecule has 5 N–H and O–H groups in total. The largest absolute Gasteiger partial charge is 0.392 e. The third-order valence-electron chi connectivity index (χ3n) is 9.75. The van der Waals surface area contributed by atoms with Crippen molar-refractivity contribution in [1.29, 1.82) is 0 Å². The number of carbonyl (C=O) groups excluding carboxylic acids is 1. The average Bonchev–Trinajstić information content (AvgIpc) is 3.89. The van der Waals surface area contributed by atoms with E-state index in [2.05, 4.69) is 31.4 Å². The second-order valence-corrected chi connectivity index (χ2v) is 13.2. The number of rotatable bonds is 14. The molecular weight excluding hydrogens is 604 g/mol. The highest BCUT2D eigenvalue weighted by Crippen LogP contribution is 2.42. The molecule has 4 unspecified atom stereocenters. The zero-order valence-electron chi connectivity index (χ0n) is 28.0. The number of ketones is 1. The van der Waals surface area contributed by atoms with E-state index < -0.39 is 41.6 Å². The van der Waals surface area contributed by atoms with Gasteiger partial charge in [-0.1, -0.05) is 87.8 Å². The minimum absolute atomic E-state index is 0.183. The molecule has 0 bridgehead atoms. The Bertz CT molecular complexity index is 1550. The molecule has 4 atom stereocenters. The van der Waals surface area contributed by atoms with Crippen LogP contribution in [0.3, 0.4) is 0 Å². The number of halogens is 4. The smallest absolute Gasteiger partial charge is 0.326 e. The zero-order valence-corrected chi connectivity index (χ0v) is 28.0. The lowest BCUT2D eigenvalue weighted by Gasteiger charge is -2.34. The quantitative estimate of drug-likeness (QED) is 0.108. The Morgan fingerprint density at radius 2 is 1.87 bits per heavy atom. The third-order valence-corrected chi connectivity index (χ3v) is 9.75. The number of benzene rings is 2. The lowest BCUT2D eigenvalue weighted by atomic mass is 9.76. The van der Waals surface area contributed by atoms with E-state index in [-0.39, 0.29) is 18.2 Å². The number of Topliss-reactive ketones (excluding diaryl/α,β-unsaturated/α-hetero) is 1. The molecule has 4 rings (SSSR count). The number of allylic oxidation sites excluding steroid dienone is 6. The SMILES string of the molecule is CNN(C(=CCC(F)(F)F)C(=O)C(C)C(C)c1cc(C(N)(CCC2CC2)C2=CC=CC(C)C(C)=C2)ccc1F)c1cccc(CN)c1. The van der Waals surface area contributed by atoms with Crippen molar-refractivity contribution in [1.82, 2.24) is 5.43 Å². The van der Waals surface area contributed by atoms with Crippen LogP contribution < -0.4 is 21.9 Å². The van der Waals surface area contributed by atoms with Crippen LogP contribution in [-0.4, -0.2) is 19.0 Å². The minimum Gasteiger partial charge on any atom is -0.326 e. The lowest BCUT2D eigenvalue weighted by molar-refractivity contribution is -0.125. The van der Waals surface area contributed by atoms with Crippen molar-refractivity contribution in [3.8, 4) is 0 Å². The van der Waals surface area contributed by atoms with Gasteiger partial charge in [0, 0.05) is 19.5 Å². The molecule has 2 aliphatic carbocycles. The summed E-state index contributed by atoms with van der Waals surface area (Å²) in [6.45, 7) is 7.77. The van der Waals surface area contributed by atoms with Crippen LogP contribution in [0.25, 0.3) is 0 Å². The Kier molecular flexibility index (Phi) is 11.7. The highest BCUT2D eigenvalue weighted by Gasteiger charge is 2.36. The van der Waals surface area contributed by atoms with Crippen LogP contribution in [0.15, 0.2) is 89.7 Å². The van der Waals surface area contributed by atoms with Crippen molar-refractivity contribution in [2.75, 3.05) is 12.1 Å². The van der Waals surface area contributed by atoms with E-state index in [4.69, 9.17) is 11.5 Å². The predicted molar refractivity (Wildman–Crippen MR) is 182 cm³/mol. The first-order chi connectivity index (χ1) is 22.2. The molecular formula is C38H48F4N4O. The van der Waals surface area contributed by atoms with Crippen LogP contribution in [0.2, 0.25) is 0 Å². The molecule has 2 aromatic rings. The summed E-state index contributed by atoms with van der Waals surface area (Å²) < 4.78 is 56.0. The fourth-order valence-electron chi connectivity index (χ4n) is 6.10. The number of anilines is 1. The second kappa shape index (κ2) is 15.1. The Morgan fingerprint density at radius 3 is 2.51 bits per heavy atom. The van der Waals surface area contributed by atoms with Crippen LogP contribution in [0.5, 0.6) is 0 Å². The van der Waals surface area contributed by atoms with Crippen molar-refractivity contribution in [2.24, 2.45) is 29.2 Å². The Labute approximate surface area is 276 Å². The van der Waals surface area contributed by atoms with Gasteiger partial charge in [-0.05, 0) is 84.1 Å². The highest BCUT2D eigenvalue weighted by atomic mass is 19.4. The first-order valence-electron chi connectivity index (χ1n) is 16.4. The van der Waals surface area contributed by atoms with Gasteiger partial charge in [0.15, 0.2) is 5.78 Å². The van der Waals surface area contributed by atoms with E-state index in [1.165, 1.54) is 36.5 Å². The maximum Gasteiger partial charge on any atom is 0.392 e. The van der Waals surface area contributed by atoms with Gasteiger partial charge in [-0.2, -0.15) is 13.2 Å². The van der Waals surface area contributed by atoms with Crippen LogP contribution in [0.4, 0.5) is 23.2 Å². The molecule has 5 nitrogen and oxygen atoms in total. The van der Waals surface area contributed by atoms with E-state index >= 15 is 4.39 Å². The van der Waals surface area contributed by atoms with Crippen LogP contribution in [0.1, 0.15) is 82.4 Å². The van der Waals surface area contributed by atoms with Gasteiger partial charge < -0.3 is 11.5 Å². The monoisotopic (exact) mass is 652 g/mol. The van der Waals surface area contributed by atoms with Gasteiger partial charge in [-0.3, -0.25) is 9.80 Å². The summed E-state index contributed by atoms with van der Waals surface area (Å²) in [6, 6.07) is 11.8. The van der Waals surface area contributed by atoms with Gasteiger partial charge in [-0.15, -0.1) is 0 Å². The number of hydrazine groups is 1. The topological polar surface area (TPSA) is 84.4 Å². The van der Waals surface area contributed by atoms with Gasteiger partial charge in [0.05, 0.1) is 23.3 Å². The molecule has 0 saturated heterocycles. The summed E-state index contributed by atoms with van der Waals surface area (Å²) in [6.07, 6.45) is 7.31. The molecule has 0 aromatic heterocycles. The van der Waals surface area contributed by atoms with Gasteiger partial charge in [0.25, 0.3) is 0 Å². The van der Waals surface area contributed by atoms with Crippen molar-refractivity contribution < 1.29 is 22.4 Å². The Balaban J connectivity index is 1.73. The number of hydrogen-bond acceptors (Lipinski definition) is 5. The van der Waals surface area contributed by atoms with Gasteiger partial charge in [-0.25, -0.2) is 9.82 Å². The third kappa shape index (κ3) is 8.89. The number of hydrogen-bond donors (Lipinski definition) is 3. The molecule has 0 aliphatic heterocycles. The number of carbonyl (C=O) groups is 1. The van der Waals surface area contributed by atoms with Gasteiger partial charge >= 0.3 is 6.18 Å². The van der Waals surface area contributed by atoms with E-state index in [1.54, 1.807) is 50.2 Å². The van der Waals surface area contributed by atoms with Crippen molar-refractivity contribution in [3.05, 3.63) is 112 Å². The first kappa shape index (κ1) is 36.3.